The van der Waals surface area contributed by atoms with E-state index in [0.717, 1.165) is 34.5 Å². The SMILES string of the molecule is FC(F)(F)c1ccc2c(c1)ncn2-c1cccc(-n2cnc3ccccc32)c1. The van der Waals surface area contributed by atoms with Gasteiger partial charge in [-0.15, -0.1) is 0 Å². The first-order valence-corrected chi connectivity index (χ1v) is 8.58. The Hall–Kier alpha value is -3.61. The maximum atomic E-state index is 12.9. The van der Waals surface area contributed by atoms with Gasteiger partial charge in [0, 0.05) is 11.4 Å². The molecule has 0 aliphatic heterocycles. The van der Waals surface area contributed by atoms with Crippen LogP contribution in [0.5, 0.6) is 0 Å². The van der Waals surface area contributed by atoms with Crippen LogP contribution in [-0.2, 0) is 6.18 Å². The smallest absolute Gasteiger partial charge is 0.299 e. The lowest BCUT2D eigenvalue weighted by Crippen LogP contribution is -2.04. The number of aromatic nitrogens is 4. The number of imidazole rings is 2. The summed E-state index contributed by atoms with van der Waals surface area (Å²) in [6, 6.07) is 19.1. The van der Waals surface area contributed by atoms with Gasteiger partial charge in [0.1, 0.15) is 12.7 Å². The quantitative estimate of drug-likeness (QED) is 0.413. The summed E-state index contributed by atoms with van der Waals surface area (Å²) in [5.41, 5.74) is 3.78. The first kappa shape index (κ1) is 16.6. The minimum absolute atomic E-state index is 0.299. The molecular weight excluding hydrogens is 365 g/mol. The highest BCUT2D eigenvalue weighted by Gasteiger charge is 2.30. The Morgan fingerprint density at radius 1 is 0.643 bits per heavy atom. The molecule has 3 aromatic carbocycles. The van der Waals surface area contributed by atoms with E-state index in [0.29, 0.717) is 11.0 Å². The largest absolute Gasteiger partial charge is 0.416 e. The monoisotopic (exact) mass is 378 g/mol. The van der Waals surface area contributed by atoms with Crippen LogP contribution in [0.4, 0.5) is 13.2 Å². The molecular formula is C21H13F3N4. The Morgan fingerprint density at radius 2 is 1.29 bits per heavy atom. The molecule has 28 heavy (non-hydrogen) atoms. The van der Waals surface area contributed by atoms with Crippen molar-refractivity contribution >= 4 is 22.1 Å². The molecule has 0 bridgehead atoms. The molecule has 2 aromatic heterocycles. The maximum Gasteiger partial charge on any atom is 0.416 e. The van der Waals surface area contributed by atoms with Crippen LogP contribution in [0.25, 0.3) is 33.4 Å². The average molecular weight is 378 g/mol. The van der Waals surface area contributed by atoms with Crippen molar-refractivity contribution in [2.24, 2.45) is 0 Å². The van der Waals surface area contributed by atoms with Gasteiger partial charge in [-0.1, -0.05) is 18.2 Å². The highest BCUT2D eigenvalue weighted by atomic mass is 19.4. The molecule has 138 valence electrons. The molecule has 0 saturated carbocycles. The van der Waals surface area contributed by atoms with E-state index in [9.17, 15) is 13.2 Å². The molecule has 5 aromatic rings. The van der Waals surface area contributed by atoms with Gasteiger partial charge in [-0.2, -0.15) is 13.2 Å². The molecule has 0 aliphatic rings. The first-order chi connectivity index (χ1) is 13.5. The van der Waals surface area contributed by atoms with Crippen LogP contribution in [0.1, 0.15) is 5.56 Å². The van der Waals surface area contributed by atoms with E-state index in [1.54, 1.807) is 10.9 Å². The Bertz CT molecular complexity index is 1310. The van der Waals surface area contributed by atoms with Crippen molar-refractivity contribution < 1.29 is 13.2 Å². The summed E-state index contributed by atoms with van der Waals surface area (Å²) in [6.45, 7) is 0. The number of benzene rings is 3. The topological polar surface area (TPSA) is 35.6 Å². The van der Waals surface area contributed by atoms with Gasteiger partial charge in [0.25, 0.3) is 0 Å². The minimum atomic E-state index is -4.39. The number of alkyl halides is 3. The van der Waals surface area contributed by atoms with Crippen molar-refractivity contribution in [1.29, 1.82) is 0 Å². The number of para-hydroxylation sites is 2. The van der Waals surface area contributed by atoms with E-state index < -0.39 is 11.7 Å². The molecule has 0 unspecified atom stereocenters. The van der Waals surface area contributed by atoms with Crippen molar-refractivity contribution in [3.05, 3.63) is 84.9 Å². The van der Waals surface area contributed by atoms with Gasteiger partial charge in [0.2, 0.25) is 0 Å². The van der Waals surface area contributed by atoms with Gasteiger partial charge < -0.3 is 0 Å². The summed E-state index contributed by atoms with van der Waals surface area (Å²) in [6.07, 6.45) is -1.10. The zero-order valence-electron chi connectivity index (χ0n) is 14.4. The lowest BCUT2D eigenvalue weighted by Gasteiger charge is -2.10. The predicted octanol–water partition coefficient (Wildman–Crippen LogP) is 5.38. The number of nitrogens with zero attached hydrogens (tertiary/aromatic N) is 4. The molecule has 0 amide bonds. The third kappa shape index (κ3) is 2.63. The van der Waals surface area contributed by atoms with Crippen LogP contribution in [0, 0.1) is 0 Å². The lowest BCUT2D eigenvalue weighted by atomic mass is 10.2. The average Bonchev–Trinajstić information content (AvgIpc) is 3.31. The van der Waals surface area contributed by atoms with Gasteiger partial charge in [0.15, 0.2) is 0 Å². The Balaban J connectivity index is 1.62. The zero-order valence-corrected chi connectivity index (χ0v) is 14.4. The second-order valence-corrected chi connectivity index (χ2v) is 6.44. The van der Waals surface area contributed by atoms with Crippen LogP contribution >= 0.6 is 0 Å². The molecule has 0 fully saturated rings. The van der Waals surface area contributed by atoms with Crippen LogP contribution in [0.15, 0.2) is 79.4 Å². The van der Waals surface area contributed by atoms with E-state index in [2.05, 4.69) is 9.97 Å². The molecule has 0 aliphatic carbocycles. The van der Waals surface area contributed by atoms with E-state index >= 15 is 0 Å². The van der Waals surface area contributed by atoms with E-state index in [1.807, 2.05) is 53.1 Å². The van der Waals surface area contributed by atoms with Crippen LogP contribution in [0.2, 0.25) is 0 Å². The fourth-order valence-electron chi connectivity index (χ4n) is 3.35. The second kappa shape index (κ2) is 5.95. The summed E-state index contributed by atoms with van der Waals surface area (Å²) < 4.78 is 42.6. The van der Waals surface area contributed by atoms with Gasteiger partial charge in [-0.05, 0) is 48.5 Å². The fraction of sp³-hybridized carbons (Fsp3) is 0.0476. The van der Waals surface area contributed by atoms with Crippen molar-refractivity contribution in [3.63, 3.8) is 0 Å². The zero-order chi connectivity index (χ0) is 19.3. The van der Waals surface area contributed by atoms with Gasteiger partial charge in [-0.3, -0.25) is 9.13 Å². The molecule has 0 saturated heterocycles. The second-order valence-electron chi connectivity index (χ2n) is 6.44. The van der Waals surface area contributed by atoms with Gasteiger partial charge >= 0.3 is 6.18 Å². The summed E-state index contributed by atoms with van der Waals surface area (Å²) in [4.78, 5) is 8.56. The van der Waals surface area contributed by atoms with Crippen LogP contribution in [0.3, 0.4) is 0 Å². The number of hydrogen-bond acceptors (Lipinski definition) is 2. The van der Waals surface area contributed by atoms with Gasteiger partial charge in [-0.25, -0.2) is 9.97 Å². The van der Waals surface area contributed by atoms with E-state index in [-0.39, 0.29) is 0 Å². The molecule has 7 heteroatoms. The molecule has 0 spiro atoms. The third-order valence-corrected chi connectivity index (χ3v) is 4.71. The third-order valence-electron chi connectivity index (χ3n) is 4.71. The standard InChI is InChI=1S/C21H13F3N4/c22-21(23,24)14-8-9-20-18(10-14)26-13-28(20)16-5-3-4-15(11-16)27-12-25-17-6-1-2-7-19(17)27/h1-13H. The highest BCUT2D eigenvalue weighted by Crippen LogP contribution is 2.32. The van der Waals surface area contributed by atoms with Crippen LogP contribution in [-0.4, -0.2) is 19.1 Å². The normalized spacial score (nSPS) is 12.1. The first-order valence-electron chi connectivity index (χ1n) is 8.58. The fourth-order valence-corrected chi connectivity index (χ4v) is 3.35. The van der Waals surface area contributed by atoms with Crippen molar-refractivity contribution in [3.8, 4) is 11.4 Å². The molecule has 4 nitrogen and oxygen atoms in total. The molecule has 0 N–H and O–H groups in total. The Morgan fingerprint density at radius 3 is 2.00 bits per heavy atom. The summed E-state index contributed by atoms with van der Waals surface area (Å²) >= 11 is 0. The number of hydrogen-bond donors (Lipinski definition) is 0. The summed E-state index contributed by atoms with van der Waals surface area (Å²) in [5, 5.41) is 0. The van der Waals surface area contributed by atoms with Crippen molar-refractivity contribution in [2.75, 3.05) is 0 Å². The molecule has 0 radical (unpaired) electrons. The number of halogens is 3. The van der Waals surface area contributed by atoms with E-state index in [1.165, 1.54) is 12.4 Å². The molecule has 2 heterocycles. The summed E-state index contributed by atoms with van der Waals surface area (Å²) in [5.74, 6) is 0. The molecule has 0 atom stereocenters. The van der Waals surface area contributed by atoms with Crippen molar-refractivity contribution in [2.45, 2.75) is 6.18 Å². The minimum Gasteiger partial charge on any atom is -0.299 e. The number of rotatable bonds is 2. The highest BCUT2D eigenvalue weighted by molar-refractivity contribution is 5.79. The Kier molecular flexibility index (Phi) is 3.52. The number of fused-ring (bicyclic) bond motifs is 2. The predicted molar refractivity (Wildman–Crippen MR) is 101 cm³/mol. The van der Waals surface area contributed by atoms with Gasteiger partial charge in [0.05, 0.1) is 27.6 Å². The van der Waals surface area contributed by atoms with Crippen molar-refractivity contribution in [1.82, 2.24) is 19.1 Å². The maximum absolute atomic E-state index is 12.9. The Labute approximate surface area is 157 Å². The summed E-state index contributed by atoms with van der Waals surface area (Å²) in [7, 11) is 0. The van der Waals surface area contributed by atoms with Crippen LogP contribution < -0.4 is 0 Å². The lowest BCUT2D eigenvalue weighted by molar-refractivity contribution is -0.137. The van der Waals surface area contributed by atoms with E-state index in [4.69, 9.17) is 0 Å². The molecule has 5 rings (SSSR count).